The topological polar surface area (TPSA) is 72.5 Å². The quantitative estimate of drug-likeness (QED) is 0.666. The van der Waals surface area contributed by atoms with E-state index in [-0.39, 0.29) is 36.6 Å². The summed E-state index contributed by atoms with van der Waals surface area (Å²) < 4.78 is 5.12. The van der Waals surface area contributed by atoms with Crippen molar-refractivity contribution in [1.29, 1.82) is 0 Å². The summed E-state index contributed by atoms with van der Waals surface area (Å²) in [5.41, 5.74) is 3.39. The summed E-state index contributed by atoms with van der Waals surface area (Å²) in [7, 11) is 0. The Bertz CT molecular complexity index is 763. The van der Waals surface area contributed by atoms with Crippen LogP contribution in [0.5, 0.6) is 0 Å². The van der Waals surface area contributed by atoms with Gasteiger partial charge in [-0.2, -0.15) is 0 Å². The highest BCUT2D eigenvalue weighted by molar-refractivity contribution is 6.11. The van der Waals surface area contributed by atoms with Gasteiger partial charge in [-0.1, -0.05) is 38.1 Å². The van der Waals surface area contributed by atoms with Crippen LogP contribution in [0.15, 0.2) is 35.5 Å². The van der Waals surface area contributed by atoms with Crippen LogP contribution in [0.3, 0.4) is 0 Å². The summed E-state index contributed by atoms with van der Waals surface area (Å²) in [6.45, 7) is 5.92. The molecule has 0 bridgehead atoms. The molecule has 3 atom stereocenters. The molecule has 2 aliphatic rings. The van der Waals surface area contributed by atoms with Crippen molar-refractivity contribution >= 4 is 17.7 Å². The molecule has 0 saturated carbocycles. The zero-order chi connectivity index (χ0) is 18.8. The van der Waals surface area contributed by atoms with E-state index in [1.807, 2.05) is 31.2 Å². The van der Waals surface area contributed by atoms with Gasteiger partial charge in [0, 0.05) is 23.6 Å². The Labute approximate surface area is 153 Å². The fourth-order valence-electron chi connectivity index (χ4n) is 3.97. The van der Waals surface area contributed by atoms with Gasteiger partial charge in [0.25, 0.3) is 0 Å². The van der Waals surface area contributed by atoms with Crippen LogP contribution in [0.25, 0.3) is 0 Å². The van der Waals surface area contributed by atoms with Crippen LogP contribution in [0.4, 0.5) is 0 Å². The fraction of sp³-hybridized carbons (Fsp3) is 0.476. The number of benzene rings is 1. The Balaban J connectivity index is 2.00. The Kier molecular flexibility index (Phi) is 5.25. The average molecular weight is 355 g/mol. The highest BCUT2D eigenvalue weighted by atomic mass is 16.5. The van der Waals surface area contributed by atoms with Gasteiger partial charge in [-0.05, 0) is 36.8 Å². The zero-order valence-electron chi connectivity index (χ0n) is 15.5. The molecule has 26 heavy (non-hydrogen) atoms. The molecule has 1 amide bonds. The van der Waals surface area contributed by atoms with Gasteiger partial charge < -0.3 is 10.1 Å². The molecule has 138 valence electrons. The van der Waals surface area contributed by atoms with E-state index >= 15 is 0 Å². The van der Waals surface area contributed by atoms with E-state index in [9.17, 15) is 14.4 Å². The molecule has 0 spiro atoms. The molecule has 1 aliphatic heterocycles. The largest absolute Gasteiger partial charge is 0.465 e. The van der Waals surface area contributed by atoms with Gasteiger partial charge in [-0.3, -0.25) is 14.4 Å². The lowest BCUT2D eigenvalue weighted by Gasteiger charge is -2.36. The summed E-state index contributed by atoms with van der Waals surface area (Å²) >= 11 is 0. The molecule has 0 saturated heterocycles. The number of nitrogens with one attached hydrogen (secondary N) is 1. The second-order valence-electron chi connectivity index (χ2n) is 7.07. The van der Waals surface area contributed by atoms with Gasteiger partial charge in [0.1, 0.15) is 5.92 Å². The van der Waals surface area contributed by atoms with Crippen molar-refractivity contribution in [3.63, 3.8) is 0 Å². The summed E-state index contributed by atoms with van der Waals surface area (Å²) in [6, 6.07) is 8.02. The van der Waals surface area contributed by atoms with Crippen molar-refractivity contribution < 1.29 is 19.1 Å². The monoisotopic (exact) mass is 355 g/mol. The second kappa shape index (κ2) is 7.44. The van der Waals surface area contributed by atoms with Crippen LogP contribution < -0.4 is 5.32 Å². The Morgan fingerprint density at radius 3 is 2.46 bits per heavy atom. The Morgan fingerprint density at radius 2 is 1.85 bits per heavy atom. The number of Topliss-reactive ketones (excluding diaryl/α,β-unsaturated/α-hetero) is 1. The van der Waals surface area contributed by atoms with Crippen LogP contribution in [0.1, 0.15) is 50.7 Å². The summed E-state index contributed by atoms with van der Waals surface area (Å²) in [5, 5.41) is 2.86. The van der Waals surface area contributed by atoms with Crippen molar-refractivity contribution in [3.8, 4) is 0 Å². The molecule has 0 aromatic heterocycles. The highest BCUT2D eigenvalue weighted by Crippen LogP contribution is 2.42. The molecule has 1 aromatic rings. The molecule has 0 fully saturated rings. The van der Waals surface area contributed by atoms with E-state index in [0.29, 0.717) is 17.7 Å². The van der Waals surface area contributed by atoms with Crippen LogP contribution in [0, 0.1) is 11.8 Å². The number of aryl methyl sites for hydroxylation is 1. The number of esters is 1. The molecule has 0 radical (unpaired) electrons. The van der Waals surface area contributed by atoms with Crippen LogP contribution in [0.2, 0.25) is 0 Å². The van der Waals surface area contributed by atoms with Crippen LogP contribution >= 0.6 is 0 Å². The smallest absolute Gasteiger partial charge is 0.317 e. The van der Waals surface area contributed by atoms with E-state index in [1.54, 1.807) is 6.92 Å². The summed E-state index contributed by atoms with van der Waals surface area (Å²) in [4.78, 5) is 37.7. The standard InChI is InChI=1S/C21H25NO4/c1-4-13-6-8-14(9-7-13)15-11-17(23)22-16-10-12(3)18(20(24)19(15)16)21(25)26-5-2/h6-9,12,15,18H,4-5,10-11H2,1-3H3,(H,22,23). The van der Waals surface area contributed by atoms with E-state index in [2.05, 4.69) is 12.2 Å². The minimum Gasteiger partial charge on any atom is -0.465 e. The molecule has 3 rings (SSSR count). The maximum absolute atomic E-state index is 13.2. The lowest BCUT2D eigenvalue weighted by Crippen LogP contribution is -2.44. The number of hydrogen-bond donors (Lipinski definition) is 1. The van der Waals surface area contributed by atoms with Crippen molar-refractivity contribution in [3.05, 3.63) is 46.7 Å². The lowest BCUT2D eigenvalue weighted by atomic mass is 9.70. The number of rotatable bonds is 4. The molecule has 1 heterocycles. The number of hydrogen-bond acceptors (Lipinski definition) is 4. The molecular formula is C21H25NO4. The first-order valence-corrected chi connectivity index (χ1v) is 9.28. The normalized spacial score (nSPS) is 25.6. The number of carbonyl (C=O) groups excluding carboxylic acids is 3. The van der Waals surface area contributed by atoms with E-state index in [1.165, 1.54) is 5.56 Å². The maximum atomic E-state index is 13.2. The first kappa shape index (κ1) is 18.4. The van der Waals surface area contributed by atoms with Crippen molar-refractivity contribution in [2.45, 2.75) is 46.0 Å². The van der Waals surface area contributed by atoms with Crippen molar-refractivity contribution in [2.75, 3.05) is 6.61 Å². The third-order valence-electron chi connectivity index (χ3n) is 5.33. The predicted molar refractivity (Wildman–Crippen MR) is 97.3 cm³/mol. The fourth-order valence-corrected chi connectivity index (χ4v) is 3.97. The second-order valence-corrected chi connectivity index (χ2v) is 7.07. The summed E-state index contributed by atoms with van der Waals surface area (Å²) in [5.74, 6) is -2.04. The van der Waals surface area contributed by atoms with Gasteiger partial charge >= 0.3 is 5.97 Å². The predicted octanol–water partition coefficient (Wildman–Crippen LogP) is 2.89. The average Bonchev–Trinajstić information content (AvgIpc) is 2.61. The molecule has 5 nitrogen and oxygen atoms in total. The van der Waals surface area contributed by atoms with Gasteiger partial charge in [0.15, 0.2) is 5.78 Å². The van der Waals surface area contributed by atoms with Gasteiger partial charge in [-0.25, -0.2) is 0 Å². The first-order valence-electron chi connectivity index (χ1n) is 9.28. The van der Waals surface area contributed by atoms with Gasteiger partial charge in [-0.15, -0.1) is 0 Å². The first-order chi connectivity index (χ1) is 12.5. The Hall–Kier alpha value is -2.43. The number of allylic oxidation sites excluding steroid dienone is 2. The van der Waals surface area contributed by atoms with E-state index in [4.69, 9.17) is 4.74 Å². The number of carbonyl (C=O) groups is 3. The Morgan fingerprint density at radius 1 is 1.15 bits per heavy atom. The molecule has 1 aliphatic carbocycles. The van der Waals surface area contributed by atoms with Crippen LogP contribution in [-0.4, -0.2) is 24.3 Å². The minimum atomic E-state index is -0.791. The van der Waals surface area contributed by atoms with Crippen molar-refractivity contribution in [1.82, 2.24) is 5.32 Å². The molecular weight excluding hydrogens is 330 g/mol. The third-order valence-corrected chi connectivity index (χ3v) is 5.33. The lowest BCUT2D eigenvalue weighted by molar-refractivity contribution is -0.153. The molecule has 5 heteroatoms. The molecule has 1 aromatic carbocycles. The molecule has 1 N–H and O–H groups in total. The third kappa shape index (κ3) is 3.30. The zero-order valence-corrected chi connectivity index (χ0v) is 15.5. The van der Waals surface area contributed by atoms with Crippen molar-refractivity contribution in [2.24, 2.45) is 11.8 Å². The number of ketones is 1. The molecule has 3 unspecified atom stereocenters. The van der Waals surface area contributed by atoms with E-state index < -0.39 is 11.9 Å². The van der Waals surface area contributed by atoms with E-state index in [0.717, 1.165) is 12.0 Å². The van der Waals surface area contributed by atoms with Crippen LogP contribution in [-0.2, 0) is 25.5 Å². The maximum Gasteiger partial charge on any atom is 0.317 e. The van der Waals surface area contributed by atoms with Gasteiger partial charge in [0.05, 0.1) is 6.61 Å². The SMILES string of the molecule is CCOC(=O)C1C(=O)C2=C(CC1C)NC(=O)CC2c1ccc(CC)cc1. The highest BCUT2D eigenvalue weighted by Gasteiger charge is 2.45. The minimum absolute atomic E-state index is 0.0806. The summed E-state index contributed by atoms with van der Waals surface area (Å²) in [6.07, 6.45) is 1.65. The number of amides is 1. The number of ether oxygens (including phenoxy) is 1. The van der Waals surface area contributed by atoms with Gasteiger partial charge in [0.2, 0.25) is 5.91 Å².